The number of benzene rings is 1. The van der Waals surface area contributed by atoms with Crippen molar-refractivity contribution >= 4 is 22.3 Å². The lowest BCUT2D eigenvalue weighted by atomic mass is 9.99. The van der Waals surface area contributed by atoms with Crippen molar-refractivity contribution < 1.29 is 14.4 Å². The van der Waals surface area contributed by atoms with Crippen molar-refractivity contribution in [3.8, 4) is 0 Å². The van der Waals surface area contributed by atoms with Crippen molar-refractivity contribution in [2.24, 2.45) is 10.3 Å². The lowest BCUT2D eigenvalue weighted by Gasteiger charge is -2.20. The fourth-order valence-electron chi connectivity index (χ4n) is 3.66. The summed E-state index contributed by atoms with van der Waals surface area (Å²) in [7, 11) is 1.53. The molecule has 1 aliphatic heterocycles. The van der Waals surface area contributed by atoms with Crippen molar-refractivity contribution in [1.29, 1.82) is 0 Å². The highest BCUT2D eigenvalue weighted by atomic mass is 16.6. The maximum Gasteiger partial charge on any atom is 0.131 e. The fourth-order valence-corrected chi connectivity index (χ4v) is 3.66. The van der Waals surface area contributed by atoms with E-state index >= 15 is 0 Å². The third kappa shape index (κ3) is 4.72. The Morgan fingerprint density at radius 2 is 1.97 bits per heavy atom. The van der Waals surface area contributed by atoms with Gasteiger partial charge >= 0.3 is 0 Å². The summed E-state index contributed by atoms with van der Waals surface area (Å²) in [6.45, 7) is 5.42. The summed E-state index contributed by atoms with van der Waals surface area (Å²) in [6, 6.07) is 14.0. The van der Waals surface area contributed by atoms with E-state index < -0.39 is 0 Å². The summed E-state index contributed by atoms with van der Waals surface area (Å²) < 4.78 is 5.74. The summed E-state index contributed by atoms with van der Waals surface area (Å²) in [5.74, 6) is 0. The highest BCUT2D eigenvalue weighted by Crippen LogP contribution is 2.26. The topological polar surface area (TPSA) is 78.2 Å². The average molecular weight is 418 g/mol. The molecule has 0 atom stereocenters. The van der Waals surface area contributed by atoms with Crippen LogP contribution in [-0.4, -0.2) is 41.7 Å². The molecule has 0 aliphatic carbocycles. The van der Waals surface area contributed by atoms with Crippen LogP contribution in [0.25, 0.3) is 10.9 Å². The molecule has 3 heterocycles. The fraction of sp³-hybridized carbons (Fsp3) is 0.333. The minimum atomic E-state index is 0.402. The third-order valence-corrected chi connectivity index (χ3v) is 5.29. The molecule has 7 heteroatoms. The summed E-state index contributed by atoms with van der Waals surface area (Å²) in [5.41, 5.74) is 7.39. The minimum Gasteiger partial charge on any atom is -0.399 e. The second-order valence-corrected chi connectivity index (χ2v) is 7.42. The number of ether oxygens (including phenoxy) is 1. The van der Waals surface area contributed by atoms with Gasteiger partial charge in [0.25, 0.3) is 0 Å². The molecule has 2 aromatic heterocycles. The molecular formula is C24H26N4O3. The molecule has 4 rings (SSSR count). The molecule has 0 amide bonds. The predicted octanol–water partition coefficient (Wildman–Crippen LogP) is 4.19. The molecule has 31 heavy (non-hydrogen) atoms. The Morgan fingerprint density at radius 3 is 2.84 bits per heavy atom. The van der Waals surface area contributed by atoms with Crippen LogP contribution in [0.1, 0.15) is 41.6 Å². The Hall–Kier alpha value is -3.32. The third-order valence-electron chi connectivity index (χ3n) is 5.29. The summed E-state index contributed by atoms with van der Waals surface area (Å²) in [6.07, 6.45) is 1.58. The van der Waals surface area contributed by atoms with E-state index in [0.717, 1.165) is 57.8 Å². The first-order chi connectivity index (χ1) is 15.2. The number of pyridine rings is 2. The Morgan fingerprint density at radius 1 is 1.10 bits per heavy atom. The number of para-hydroxylation sites is 1. The zero-order valence-corrected chi connectivity index (χ0v) is 18.1. The van der Waals surface area contributed by atoms with Crippen LogP contribution in [0.3, 0.4) is 0 Å². The van der Waals surface area contributed by atoms with Crippen molar-refractivity contribution in [2.75, 3.05) is 20.3 Å². The standard InChI is InChI=1S/C24H26N4O3/c1-16-19-10-4-5-11-22(19)26-24-20(16)14-30-15-23(24)28-31-13-7-9-18-8-6-12-21(25-18)17(2)27-29-3/h4-6,8,10-12H,7,9,13-15H2,1-3H3/b27-17+,28-23+. The predicted molar refractivity (Wildman–Crippen MR) is 120 cm³/mol. The number of hydrogen-bond donors (Lipinski definition) is 0. The first-order valence-electron chi connectivity index (χ1n) is 10.4. The molecule has 0 N–H and O–H groups in total. The number of fused-ring (bicyclic) bond motifs is 2. The molecule has 0 fully saturated rings. The second kappa shape index (κ2) is 9.66. The summed E-state index contributed by atoms with van der Waals surface area (Å²) in [4.78, 5) is 19.9. The highest BCUT2D eigenvalue weighted by molar-refractivity contribution is 6.04. The first kappa shape index (κ1) is 20.9. The molecule has 3 aromatic rings. The van der Waals surface area contributed by atoms with Crippen LogP contribution in [0.2, 0.25) is 0 Å². The Labute approximate surface area is 181 Å². The first-order valence-corrected chi connectivity index (χ1v) is 10.4. The molecule has 160 valence electrons. The Balaban J connectivity index is 1.40. The van der Waals surface area contributed by atoms with Gasteiger partial charge in [-0.05, 0) is 50.5 Å². The van der Waals surface area contributed by atoms with Gasteiger partial charge in [0, 0.05) is 16.6 Å². The lowest BCUT2D eigenvalue weighted by Crippen LogP contribution is -2.22. The zero-order chi connectivity index (χ0) is 21.6. The molecular weight excluding hydrogens is 392 g/mol. The van der Waals surface area contributed by atoms with E-state index in [1.54, 1.807) is 0 Å². The van der Waals surface area contributed by atoms with Crippen LogP contribution < -0.4 is 0 Å². The summed E-state index contributed by atoms with van der Waals surface area (Å²) in [5, 5.41) is 9.43. The van der Waals surface area contributed by atoms with Crippen LogP contribution >= 0.6 is 0 Å². The van der Waals surface area contributed by atoms with Gasteiger partial charge < -0.3 is 14.4 Å². The van der Waals surface area contributed by atoms with Crippen LogP contribution in [0.15, 0.2) is 52.8 Å². The van der Waals surface area contributed by atoms with Crippen molar-refractivity contribution in [1.82, 2.24) is 9.97 Å². The van der Waals surface area contributed by atoms with E-state index in [1.807, 2.05) is 43.3 Å². The van der Waals surface area contributed by atoms with Gasteiger partial charge in [-0.25, -0.2) is 4.98 Å². The Bertz CT molecular complexity index is 1140. The van der Waals surface area contributed by atoms with Crippen LogP contribution in [0.4, 0.5) is 0 Å². The molecule has 0 saturated heterocycles. The van der Waals surface area contributed by atoms with Gasteiger partial charge in [0.15, 0.2) is 0 Å². The van der Waals surface area contributed by atoms with Crippen molar-refractivity contribution in [2.45, 2.75) is 33.3 Å². The zero-order valence-electron chi connectivity index (χ0n) is 18.1. The van der Waals surface area contributed by atoms with E-state index in [0.29, 0.717) is 19.8 Å². The van der Waals surface area contributed by atoms with E-state index in [-0.39, 0.29) is 0 Å². The monoisotopic (exact) mass is 418 g/mol. The van der Waals surface area contributed by atoms with Crippen molar-refractivity contribution in [3.05, 3.63) is 70.7 Å². The van der Waals surface area contributed by atoms with Gasteiger partial charge in [0.05, 0.1) is 30.1 Å². The van der Waals surface area contributed by atoms with Crippen molar-refractivity contribution in [3.63, 3.8) is 0 Å². The molecule has 0 spiro atoms. The minimum absolute atomic E-state index is 0.402. The molecule has 0 unspecified atom stereocenters. The number of rotatable bonds is 7. The molecule has 7 nitrogen and oxygen atoms in total. The van der Waals surface area contributed by atoms with Gasteiger partial charge in [-0.15, -0.1) is 0 Å². The quantitative estimate of drug-likeness (QED) is 0.327. The normalized spacial score (nSPS) is 15.2. The van der Waals surface area contributed by atoms with E-state index in [4.69, 9.17) is 19.4 Å². The summed E-state index contributed by atoms with van der Waals surface area (Å²) >= 11 is 0. The number of aromatic nitrogens is 2. The molecule has 1 aromatic carbocycles. The maximum absolute atomic E-state index is 5.74. The SMILES string of the molecule is CO/N=C(\C)c1cccc(CCCO/N=C2\COCc3c2nc2ccccc2c3C)n1. The molecule has 1 aliphatic rings. The second-order valence-electron chi connectivity index (χ2n) is 7.42. The van der Waals surface area contributed by atoms with Crippen LogP contribution in [0.5, 0.6) is 0 Å². The van der Waals surface area contributed by atoms with E-state index in [1.165, 1.54) is 12.7 Å². The van der Waals surface area contributed by atoms with Gasteiger partial charge in [-0.3, -0.25) is 4.98 Å². The van der Waals surface area contributed by atoms with E-state index in [2.05, 4.69) is 28.3 Å². The maximum atomic E-state index is 5.74. The Kier molecular flexibility index (Phi) is 6.52. The average Bonchev–Trinajstić information content (AvgIpc) is 2.80. The number of nitrogens with zero attached hydrogens (tertiary/aromatic N) is 4. The lowest BCUT2D eigenvalue weighted by molar-refractivity contribution is 0.124. The van der Waals surface area contributed by atoms with Gasteiger partial charge in [0.1, 0.15) is 25.1 Å². The number of aryl methyl sites for hydroxylation is 2. The van der Waals surface area contributed by atoms with Crippen LogP contribution in [0, 0.1) is 6.92 Å². The largest absolute Gasteiger partial charge is 0.399 e. The smallest absolute Gasteiger partial charge is 0.131 e. The highest BCUT2D eigenvalue weighted by Gasteiger charge is 2.22. The number of hydrogen-bond acceptors (Lipinski definition) is 7. The van der Waals surface area contributed by atoms with E-state index in [9.17, 15) is 0 Å². The molecule has 0 bridgehead atoms. The number of oxime groups is 2. The molecule has 0 radical (unpaired) electrons. The molecule has 0 saturated carbocycles. The van der Waals surface area contributed by atoms with Gasteiger partial charge in [-0.1, -0.05) is 34.6 Å². The van der Waals surface area contributed by atoms with Gasteiger partial charge in [0.2, 0.25) is 0 Å². The van der Waals surface area contributed by atoms with Crippen LogP contribution in [-0.2, 0) is 27.4 Å². The van der Waals surface area contributed by atoms with Gasteiger partial charge in [-0.2, -0.15) is 0 Å².